The largest absolute Gasteiger partial charge is 0.323 e. The summed E-state index contributed by atoms with van der Waals surface area (Å²) in [6.07, 6.45) is 0. The Bertz CT molecular complexity index is 1400. The summed E-state index contributed by atoms with van der Waals surface area (Å²) in [6, 6.07) is 35.9. The van der Waals surface area contributed by atoms with E-state index in [0.29, 0.717) is 0 Å². The van der Waals surface area contributed by atoms with Crippen LogP contribution in [0.2, 0.25) is 0 Å². The molecule has 0 saturated carbocycles. The van der Waals surface area contributed by atoms with Gasteiger partial charge in [0.2, 0.25) is 0 Å². The first-order valence-corrected chi connectivity index (χ1v) is 14.8. The molecule has 0 heterocycles. The van der Waals surface area contributed by atoms with Crippen LogP contribution in [0.3, 0.4) is 0 Å². The summed E-state index contributed by atoms with van der Waals surface area (Å²) in [5.41, 5.74) is 3.28. The third-order valence-corrected chi connectivity index (χ3v) is 4.94. The maximum absolute atomic E-state index is 4.57. The van der Waals surface area contributed by atoms with Crippen molar-refractivity contribution >= 4 is 44.3 Å². The Balaban J connectivity index is 0.00000130. The van der Waals surface area contributed by atoms with Crippen molar-refractivity contribution < 1.29 is 0 Å². The fraction of sp³-hybridized carbons (Fsp3) is 0.278. The smallest absolute Gasteiger partial charge is 0.0936 e. The third-order valence-electron chi connectivity index (χ3n) is 4.94. The molecule has 218 valence electrons. The fourth-order valence-electron chi connectivity index (χ4n) is 3.45. The molecule has 0 amide bonds. The lowest BCUT2D eigenvalue weighted by atomic mass is 10.1. The zero-order valence-corrected chi connectivity index (χ0v) is 26.7. The molecule has 0 aliphatic carbocycles. The average molecular weight is 552 g/mol. The van der Waals surface area contributed by atoms with E-state index in [4.69, 9.17) is 0 Å². The van der Waals surface area contributed by atoms with Gasteiger partial charge in [-0.15, -0.1) is 15.3 Å². The Hall–Kier alpha value is -4.22. The highest BCUT2D eigenvalue weighted by Crippen LogP contribution is 2.36. The molecule has 41 heavy (non-hydrogen) atoms. The van der Waals surface area contributed by atoms with Crippen LogP contribution in [-0.2, 0) is 0 Å². The van der Waals surface area contributed by atoms with Gasteiger partial charge < -0.3 is 5.32 Å². The highest BCUT2D eigenvalue weighted by atomic mass is 15.1. The molecule has 5 rings (SSSR count). The highest BCUT2D eigenvalue weighted by molar-refractivity contribution is 6.00. The van der Waals surface area contributed by atoms with Crippen LogP contribution in [-0.4, -0.2) is 14.1 Å². The topological polar surface area (TPSA) is 61.5 Å². The maximum Gasteiger partial charge on any atom is 0.0936 e. The quantitative estimate of drug-likeness (QED) is 0.222. The number of nitrogens with zero attached hydrogens (tertiary/aromatic N) is 4. The second kappa shape index (κ2) is 23.6. The van der Waals surface area contributed by atoms with Gasteiger partial charge in [-0.1, -0.05) is 134 Å². The minimum Gasteiger partial charge on any atom is -0.323 e. The number of nitrogens with one attached hydrogen (secondary N) is 1. The van der Waals surface area contributed by atoms with Gasteiger partial charge in [-0.25, -0.2) is 0 Å². The average Bonchev–Trinajstić information content (AvgIpc) is 3.07. The van der Waals surface area contributed by atoms with E-state index in [0.717, 1.165) is 44.3 Å². The monoisotopic (exact) mass is 551 g/mol. The summed E-state index contributed by atoms with van der Waals surface area (Å²) >= 11 is 0. The van der Waals surface area contributed by atoms with Crippen molar-refractivity contribution in [1.82, 2.24) is 5.32 Å². The van der Waals surface area contributed by atoms with Gasteiger partial charge in [-0.05, 0) is 49.8 Å². The molecule has 0 aromatic heterocycles. The Kier molecular flexibility index (Phi) is 21.2. The summed E-state index contributed by atoms with van der Waals surface area (Å²) in [7, 11) is 3.75. The van der Waals surface area contributed by atoms with Gasteiger partial charge in [-0.2, -0.15) is 5.11 Å². The number of hydrogen-bond donors (Lipinski definition) is 1. The van der Waals surface area contributed by atoms with Crippen molar-refractivity contribution in [2.24, 2.45) is 20.5 Å². The van der Waals surface area contributed by atoms with Gasteiger partial charge >= 0.3 is 0 Å². The van der Waals surface area contributed by atoms with Crippen LogP contribution in [0.25, 0.3) is 21.5 Å². The molecule has 0 aliphatic heterocycles. The zero-order valence-electron chi connectivity index (χ0n) is 26.7. The number of hydrogen-bond acceptors (Lipinski definition) is 5. The summed E-state index contributed by atoms with van der Waals surface area (Å²) in [4.78, 5) is 0. The number of benzene rings is 5. The van der Waals surface area contributed by atoms with Gasteiger partial charge in [0.1, 0.15) is 0 Å². The summed E-state index contributed by atoms with van der Waals surface area (Å²) < 4.78 is 0. The molecule has 5 aromatic rings. The van der Waals surface area contributed by atoms with Gasteiger partial charge in [0, 0.05) is 16.2 Å². The first kappa shape index (κ1) is 36.8. The summed E-state index contributed by atoms with van der Waals surface area (Å²) in [5.74, 6) is 0. The van der Waals surface area contributed by atoms with Crippen molar-refractivity contribution in [2.45, 2.75) is 55.4 Å². The fourth-order valence-corrected chi connectivity index (χ4v) is 3.45. The molecule has 5 heteroatoms. The van der Waals surface area contributed by atoms with Gasteiger partial charge in [0.05, 0.1) is 22.7 Å². The summed E-state index contributed by atoms with van der Waals surface area (Å²) in [6.45, 7) is 16.0. The number of azo groups is 2. The molecular weight excluding hydrogens is 502 g/mol. The van der Waals surface area contributed by atoms with E-state index in [-0.39, 0.29) is 0 Å². The van der Waals surface area contributed by atoms with E-state index < -0.39 is 0 Å². The standard InChI is InChI=1S/C26H18N4.C2H7N.4C2H6/c1-2-11-20(12-3-1)27-28-25-17-18-26(23-15-7-6-14-22(23)25)30-29-24-16-8-10-19-9-4-5-13-21(19)24;1-3-2;4*1-2/h1-18H;3H,1-2H3;4*1-2H3. The minimum atomic E-state index is 0.803. The molecular formula is C36H49N5. The number of rotatable bonds is 4. The maximum atomic E-state index is 4.57. The SMILES string of the molecule is CC.CC.CC.CC.CNC.c1ccc(N=Nc2ccc(N=Nc3cccc4ccccc34)c3ccccc23)cc1. The van der Waals surface area contributed by atoms with Gasteiger partial charge in [0.15, 0.2) is 0 Å². The molecule has 1 N–H and O–H groups in total. The second-order valence-corrected chi connectivity index (χ2v) is 7.38. The minimum absolute atomic E-state index is 0.803. The van der Waals surface area contributed by atoms with Crippen LogP contribution in [0, 0.1) is 0 Å². The predicted molar refractivity (Wildman–Crippen MR) is 183 cm³/mol. The Morgan fingerprint density at radius 1 is 0.366 bits per heavy atom. The molecule has 0 fully saturated rings. The lowest BCUT2D eigenvalue weighted by molar-refractivity contribution is 1.02. The predicted octanol–water partition coefficient (Wildman–Crippen LogP) is 12.8. The van der Waals surface area contributed by atoms with Crippen LogP contribution in [0.1, 0.15) is 55.4 Å². The zero-order chi connectivity index (χ0) is 30.9. The third kappa shape index (κ3) is 11.8. The van der Waals surface area contributed by atoms with Crippen LogP contribution in [0.15, 0.2) is 130 Å². The molecule has 0 radical (unpaired) electrons. The molecule has 5 nitrogen and oxygen atoms in total. The second-order valence-electron chi connectivity index (χ2n) is 7.38. The van der Waals surface area contributed by atoms with Crippen molar-refractivity contribution in [2.75, 3.05) is 14.1 Å². The van der Waals surface area contributed by atoms with Crippen molar-refractivity contribution in [3.8, 4) is 0 Å². The van der Waals surface area contributed by atoms with E-state index in [2.05, 4.69) is 44.0 Å². The van der Waals surface area contributed by atoms with Gasteiger partial charge in [0.25, 0.3) is 0 Å². The molecule has 0 unspecified atom stereocenters. The lowest BCUT2D eigenvalue weighted by Gasteiger charge is -2.05. The Labute approximate surface area is 248 Å². The molecule has 0 aliphatic rings. The highest BCUT2D eigenvalue weighted by Gasteiger charge is 2.06. The molecule has 0 bridgehead atoms. The van der Waals surface area contributed by atoms with Crippen LogP contribution in [0.5, 0.6) is 0 Å². The van der Waals surface area contributed by atoms with E-state index in [9.17, 15) is 0 Å². The van der Waals surface area contributed by atoms with Crippen molar-refractivity contribution in [3.05, 3.63) is 109 Å². The van der Waals surface area contributed by atoms with Crippen LogP contribution in [0.4, 0.5) is 22.7 Å². The van der Waals surface area contributed by atoms with E-state index in [1.165, 1.54) is 0 Å². The van der Waals surface area contributed by atoms with E-state index in [1.54, 1.807) is 0 Å². The molecule has 5 aromatic carbocycles. The molecule has 0 atom stereocenters. The summed E-state index contributed by atoms with van der Waals surface area (Å²) in [5, 5.41) is 24.9. The van der Waals surface area contributed by atoms with Crippen LogP contribution < -0.4 is 5.32 Å². The normalized spacial score (nSPS) is 9.61. The molecule has 0 saturated heterocycles. The first-order valence-electron chi connectivity index (χ1n) is 14.8. The Morgan fingerprint density at radius 3 is 1.24 bits per heavy atom. The number of fused-ring (bicyclic) bond motifs is 2. The van der Waals surface area contributed by atoms with Gasteiger partial charge in [-0.3, -0.25) is 0 Å². The Morgan fingerprint density at radius 2 is 0.732 bits per heavy atom. The molecule has 0 spiro atoms. The van der Waals surface area contributed by atoms with E-state index >= 15 is 0 Å². The van der Waals surface area contributed by atoms with Crippen molar-refractivity contribution in [1.29, 1.82) is 0 Å². The van der Waals surface area contributed by atoms with E-state index in [1.807, 2.05) is 160 Å². The van der Waals surface area contributed by atoms with Crippen LogP contribution >= 0.6 is 0 Å². The lowest BCUT2D eigenvalue weighted by Crippen LogP contribution is -1.89. The van der Waals surface area contributed by atoms with Crippen molar-refractivity contribution in [3.63, 3.8) is 0 Å². The first-order chi connectivity index (χ1) is 20.3.